The van der Waals surface area contributed by atoms with Crippen molar-refractivity contribution in [2.75, 3.05) is 6.54 Å². The van der Waals surface area contributed by atoms with Crippen LogP contribution < -0.4 is 5.32 Å². The standard InChI is InChI=1S/C16H20N2/c1-2-18-16-8-4-7-14(16)13-6-3-5-12-9-10-17-11-15(12)13/h3,5-6,9-11,14,16,18H,2,4,7-8H2,1H3. The highest BCUT2D eigenvalue weighted by atomic mass is 14.9. The minimum absolute atomic E-state index is 0.640. The average molecular weight is 240 g/mol. The van der Waals surface area contributed by atoms with Gasteiger partial charge in [-0.05, 0) is 42.3 Å². The van der Waals surface area contributed by atoms with Crippen LogP contribution in [0.15, 0.2) is 36.7 Å². The molecule has 1 aliphatic rings. The Labute approximate surface area is 108 Å². The molecule has 0 aliphatic heterocycles. The van der Waals surface area contributed by atoms with Crippen molar-refractivity contribution in [2.45, 2.75) is 38.1 Å². The maximum absolute atomic E-state index is 4.30. The third kappa shape index (κ3) is 2.01. The molecule has 18 heavy (non-hydrogen) atoms. The molecule has 0 amide bonds. The highest BCUT2D eigenvalue weighted by molar-refractivity contribution is 5.85. The van der Waals surface area contributed by atoms with Gasteiger partial charge in [-0.3, -0.25) is 4.98 Å². The Bertz CT molecular complexity index is 530. The van der Waals surface area contributed by atoms with Gasteiger partial charge in [0.25, 0.3) is 0 Å². The number of nitrogens with one attached hydrogen (secondary N) is 1. The third-order valence-corrected chi connectivity index (χ3v) is 4.10. The van der Waals surface area contributed by atoms with Crippen molar-refractivity contribution in [3.63, 3.8) is 0 Å². The van der Waals surface area contributed by atoms with E-state index >= 15 is 0 Å². The van der Waals surface area contributed by atoms with Crippen LogP contribution in [0.25, 0.3) is 10.8 Å². The number of hydrogen-bond acceptors (Lipinski definition) is 2. The van der Waals surface area contributed by atoms with Crippen LogP contribution in [0.3, 0.4) is 0 Å². The quantitative estimate of drug-likeness (QED) is 0.888. The maximum Gasteiger partial charge on any atom is 0.0349 e. The van der Waals surface area contributed by atoms with Crippen LogP contribution in [-0.2, 0) is 0 Å². The first-order valence-electron chi connectivity index (χ1n) is 6.96. The summed E-state index contributed by atoms with van der Waals surface area (Å²) in [5.41, 5.74) is 1.48. The third-order valence-electron chi connectivity index (χ3n) is 4.10. The van der Waals surface area contributed by atoms with E-state index in [1.54, 1.807) is 0 Å². The normalized spacial score (nSPS) is 23.6. The molecule has 2 unspecified atom stereocenters. The smallest absolute Gasteiger partial charge is 0.0349 e. The average Bonchev–Trinajstić information content (AvgIpc) is 2.87. The Morgan fingerprint density at radius 3 is 3.11 bits per heavy atom. The summed E-state index contributed by atoms with van der Waals surface area (Å²) in [7, 11) is 0. The Hall–Kier alpha value is -1.41. The fourth-order valence-corrected chi connectivity index (χ4v) is 3.30. The predicted molar refractivity (Wildman–Crippen MR) is 75.8 cm³/mol. The number of nitrogens with zero attached hydrogens (tertiary/aromatic N) is 1. The molecule has 0 bridgehead atoms. The van der Waals surface area contributed by atoms with Gasteiger partial charge in [-0.1, -0.05) is 31.5 Å². The fraction of sp³-hybridized carbons (Fsp3) is 0.438. The second-order valence-electron chi connectivity index (χ2n) is 5.15. The molecule has 0 spiro atoms. The van der Waals surface area contributed by atoms with Crippen LogP contribution in [-0.4, -0.2) is 17.6 Å². The molecular formula is C16H20N2. The van der Waals surface area contributed by atoms with E-state index in [0.29, 0.717) is 12.0 Å². The lowest BCUT2D eigenvalue weighted by Gasteiger charge is -2.22. The largest absolute Gasteiger partial charge is 0.314 e. The zero-order valence-corrected chi connectivity index (χ0v) is 10.9. The van der Waals surface area contributed by atoms with Gasteiger partial charge in [0.05, 0.1) is 0 Å². The molecular weight excluding hydrogens is 220 g/mol. The zero-order valence-electron chi connectivity index (χ0n) is 10.9. The molecule has 1 aromatic heterocycles. The van der Waals surface area contributed by atoms with Crippen molar-refractivity contribution >= 4 is 10.8 Å². The second kappa shape index (κ2) is 5.07. The van der Waals surface area contributed by atoms with E-state index in [2.05, 4.69) is 41.5 Å². The summed E-state index contributed by atoms with van der Waals surface area (Å²) in [5.74, 6) is 0.651. The van der Waals surface area contributed by atoms with E-state index in [1.807, 2.05) is 12.4 Å². The minimum Gasteiger partial charge on any atom is -0.314 e. The summed E-state index contributed by atoms with van der Waals surface area (Å²) in [4.78, 5) is 4.30. The first-order chi connectivity index (χ1) is 8.90. The van der Waals surface area contributed by atoms with Crippen molar-refractivity contribution < 1.29 is 0 Å². The number of likely N-dealkylation sites (N-methyl/N-ethyl adjacent to an activating group) is 1. The maximum atomic E-state index is 4.30. The molecule has 2 atom stereocenters. The van der Waals surface area contributed by atoms with Gasteiger partial charge < -0.3 is 5.32 Å². The van der Waals surface area contributed by atoms with Gasteiger partial charge in [0.2, 0.25) is 0 Å². The summed E-state index contributed by atoms with van der Waals surface area (Å²) >= 11 is 0. The number of pyridine rings is 1. The Morgan fingerprint density at radius 2 is 2.22 bits per heavy atom. The van der Waals surface area contributed by atoms with E-state index < -0.39 is 0 Å². The molecule has 94 valence electrons. The summed E-state index contributed by atoms with van der Waals surface area (Å²) in [6.07, 6.45) is 7.83. The summed E-state index contributed by atoms with van der Waals surface area (Å²) in [6, 6.07) is 9.39. The Kier molecular flexibility index (Phi) is 3.28. The second-order valence-corrected chi connectivity index (χ2v) is 5.15. The van der Waals surface area contributed by atoms with E-state index in [1.165, 1.54) is 35.6 Å². The van der Waals surface area contributed by atoms with Crippen LogP contribution >= 0.6 is 0 Å². The van der Waals surface area contributed by atoms with Crippen LogP contribution in [0.5, 0.6) is 0 Å². The van der Waals surface area contributed by atoms with E-state index in [9.17, 15) is 0 Å². The number of hydrogen-bond donors (Lipinski definition) is 1. The Morgan fingerprint density at radius 1 is 1.28 bits per heavy atom. The van der Waals surface area contributed by atoms with Gasteiger partial charge in [0.1, 0.15) is 0 Å². The molecule has 3 rings (SSSR count). The zero-order chi connectivity index (χ0) is 12.4. The summed E-state index contributed by atoms with van der Waals surface area (Å²) in [5, 5.41) is 6.28. The van der Waals surface area contributed by atoms with Gasteiger partial charge >= 0.3 is 0 Å². The highest BCUT2D eigenvalue weighted by Gasteiger charge is 2.28. The van der Waals surface area contributed by atoms with Gasteiger partial charge in [-0.25, -0.2) is 0 Å². The molecule has 0 saturated heterocycles. The van der Waals surface area contributed by atoms with E-state index in [4.69, 9.17) is 0 Å². The lowest BCUT2D eigenvalue weighted by atomic mass is 9.90. The van der Waals surface area contributed by atoms with Crippen molar-refractivity contribution in [2.24, 2.45) is 0 Å². The molecule has 2 heteroatoms. The predicted octanol–water partition coefficient (Wildman–Crippen LogP) is 3.48. The van der Waals surface area contributed by atoms with Crippen molar-refractivity contribution in [3.05, 3.63) is 42.2 Å². The Balaban J connectivity index is 2.03. The van der Waals surface area contributed by atoms with Crippen LogP contribution in [0.1, 0.15) is 37.7 Å². The lowest BCUT2D eigenvalue weighted by Crippen LogP contribution is -2.30. The van der Waals surface area contributed by atoms with E-state index in [0.717, 1.165) is 6.54 Å². The van der Waals surface area contributed by atoms with Crippen LogP contribution in [0.2, 0.25) is 0 Å². The first-order valence-corrected chi connectivity index (χ1v) is 6.96. The molecule has 1 heterocycles. The monoisotopic (exact) mass is 240 g/mol. The van der Waals surface area contributed by atoms with E-state index in [-0.39, 0.29) is 0 Å². The molecule has 1 fully saturated rings. The molecule has 1 aliphatic carbocycles. The topological polar surface area (TPSA) is 24.9 Å². The van der Waals surface area contributed by atoms with Gasteiger partial charge in [-0.2, -0.15) is 0 Å². The molecule has 2 aromatic rings. The van der Waals surface area contributed by atoms with Gasteiger partial charge in [-0.15, -0.1) is 0 Å². The number of rotatable bonds is 3. The molecule has 1 aromatic carbocycles. The number of benzene rings is 1. The van der Waals surface area contributed by atoms with Gasteiger partial charge in [0, 0.05) is 23.8 Å². The molecule has 1 N–H and O–H groups in total. The number of fused-ring (bicyclic) bond motifs is 1. The summed E-state index contributed by atoms with van der Waals surface area (Å²) < 4.78 is 0. The minimum atomic E-state index is 0.640. The lowest BCUT2D eigenvalue weighted by molar-refractivity contribution is 0.494. The van der Waals surface area contributed by atoms with Gasteiger partial charge in [0.15, 0.2) is 0 Å². The first kappa shape index (κ1) is 11.7. The van der Waals surface area contributed by atoms with Crippen LogP contribution in [0.4, 0.5) is 0 Å². The molecule has 1 saturated carbocycles. The number of aromatic nitrogens is 1. The highest BCUT2D eigenvalue weighted by Crippen LogP contribution is 2.37. The van der Waals surface area contributed by atoms with Crippen molar-refractivity contribution in [3.8, 4) is 0 Å². The summed E-state index contributed by atoms with van der Waals surface area (Å²) in [6.45, 7) is 3.25. The molecule has 2 nitrogen and oxygen atoms in total. The fourth-order valence-electron chi connectivity index (χ4n) is 3.30. The van der Waals surface area contributed by atoms with Crippen molar-refractivity contribution in [1.29, 1.82) is 0 Å². The van der Waals surface area contributed by atoms with Crippen molar-refractivity contribution in [1.82, 2.24) is 10.3 Å². The van der Waals surface area contributed by atoms with Crippen LogP contribution in [0, 0.1) is 0 Å². The SMILES string of the molecule is CCNC1CCCC1c1cccc2ccncc12. The molecule has 0 radical (unpaired) electrons.